The predicted octanol–water partition coefficient (Wildman–Crippen LogP) is 3.35. The van der Waals surface area contributed by atoms with E-state index >= 15 is 0 Å². The second-order valence-electron chi connectivity index (χ2n) is 3.64. The Labute approximate surface area is 113 Å². The number of rotatable bonds is 3. The van der Waals surface area contributed by atoms with E-state index < -0.39 is 0 Å². The van der Waals surface area contributed by atoms with Crippen LogP contribution in [-0.2, 0) is 6.54 Å². The summed E-state index contributed by atoms with van der Waals surface area (Å²) in [6.45, 7) is 2.54. The van der Waals surface area contributed by atoms with E-state index in [0.29, 0.717) is 6.54 Å². The van der Waals surface area contributed by atoms with E-state index in [0.717, 1.165) is 25.8 Å². The molecule has 0 radical (unpaired) electrons. The number of benzene rings is 1. The van der Waals surface area contributed by atoms with Gasteiger partial charge in [-0.15, -0.1) is 11.3 Å². The summed E-state index contributed by atoms with van der Waals surface area (Å²) in [4.78, 5) is 5.52. The van der Waals surface area contributed by atoms with Gasteiger partial charge in [-0.3, -0.25) is 0 Å². The largest absolute Gasteiger partial charge is 0.496 e. The number of aromatic nitrogens is 1. The van der Waals surface area contributed by atoms with E-state index in [1.807, 2.05) is 12.1 Å². The Hall–Kier alpha value is -0.910. The minimum absolute atomic E-state index is 0.492. The van der Waals surface area contributed by atoms with Crippen LogP contribution in [0, 0.1) is 6.92 Å². The Bertz CT molecular complexity index is 539. The smallest absolute Gasteiger partial charge is 0.129 e. The van der Waals surface area contributed by atoms with E-state index in [1.165, 1.54) is 5.56 Å². The maximum absolute atomic E-state index is 5.65. The highest BCUT2D eigenvalue weighted by molar-refractivity contribution is 9.10. The third kappa shape index (κ3) is 2.51. The van der Waals surface area contributed by atoms with Crippen LogP contribution in [0.15, 0.2) is 22.8 Å². The highest BCUT2D eigenvalue weighted by Crippen LogP contribution is 2.36. The van der Waals surface area contributed by atoms with Crippen molar-refractivity contribution in [2.45, 2.75) is 13.5 Å². The number of ether oxygens (including phenoxy) is 1. The fourth-order valence-corrected chi connectivity index (χ4v) is 3.12. The molecule has 0 atom stereocenters. The summed E-state index contributed by atoms with van der Waals surface area (Å²) in [5.74, 6) is 0.834. The monoisotopic (exact) mass is 312 g/mol. The molecule has 5 heteroatoms. The third-order valence-corrected chi connectivity index (χ3v) is 4.45. The predicted molar refractivity (Wildman–Crippen MR) is 74.4 cm³/mol. The summed E-state index contributed by atoms with van der Waals surface area (Å²) < 4.78 is 6.18. The van der Waals surface area contributed by atoms with Crippen LogP contribution in [0.4, 0.5) is 0 Å². The van der Waals surface area contributed by atoms with Crippen molar-refractivity contribution in [2.75, 3.05) is 7.11 Å². The Balaban J connectivity index is 2.54. The molecule has 90 valence electrons. The topological polar surface area (TPSA) is 48.1 Å². The lowest BCUT2D eigenvalue weighted by atomic mass is 10.1. The number of nitrogens with two attached hydrogens (primary N) is 1. The van der Waals surface area contributed by atoms with Crippen LogP contribution in [-0.4, -0.2) is 12.1 Å². The van der Waals surface area contributed by atoms with Crippen LogP contribution >= 0.6 is 27.3 Å². The number of aryl methyl sites for hydroxylation is 1. The maximum Gasteiger partial charge on any atom is 0.129 e. The SMILES string of the molecule is COc1ccc(C)cc1-c1nc(Br)c(CN)s1. The number of halogens is 1. The molecule has 2 aromatic rings. The van der Waals surface area contributed by atoms with Crippen LogP contribution in [0.1, 0.15) is 10.4 Å². The van der Waals surface area contributed by atoms with Gasteiger partial charge in [0.1, 0.15) is 15.4 Å². The summed E-state index contributed by atoms with van der Waals surface area (Å²) in [6, 6.07) is 6.06. The minimum atomic E-state index is 0.492. The molecule has 0 saturated carbocycles. The van der Waals surface area contributed by atoms with Crippen LogP contribution < -0.4 is 10.5 Å². The summed E-state index contributed by atoms with van der Waals surface area (Å²) in [7, 11) is 1.67. The number of nitrogens with zero attached hydrogens (tertiary/aromatic N) is 1. The molecule has 1 aromatic carbocycles. The van der Waals surface area contributed by atoms with Gasteiger partial charge in [0.25, 0.3) is 0 Å². The molecular formula is C12H13BrN2OS. The standard InChI is InChI=1S/C12H13BrN2OS/c1-7-3-4-9(16-2)8(5-7)12-15-11(13)10(6-14)17-12/h3-5H,6,14H2,1-2H3. The first-order valence-corrected chi connectivity index (χ1v) is 6.77. The second kappa shape index (κ2) is 5.16. The highest BCUT2D eigenvalue weighted by Gasteiger charge is 2.13. The Morgan fingerprint density at radius 2 is 2.24 bits per heavy atom. The van der Waals surface area contributed by atoms with Gasteiger partial charge in [0.15, 0.2) is 0 Å². The van der Waals surface area contributed by atoms with Crippen LogP contribution in [0.3, 0.4) is 0 Å². The van der Waals surface area contributed by atoms with Crippen LogP contribution in [0.2, 0.25) is 0 Å². The molecule has 0 spiro atoms. The normalized spacial score (nSPS) is 10.6. The van der Waals surface area contributed by atoms with Crippen molar-refractivity contribution in [1.29, 1.82) is 0 Å². The minimum Gasteiger partial charge on any atom is -0.496 e. The average molecular weight is 313 g/mol. The van der Waals surface area contributed by atoms with Gasteiger partial charge in [0.2, 0.25) is 0 Å². The van der Waals surface area contributed by atoms with Gasteiger partial charge in [0, 0.05) is 6.54 Å². The summed E-state index contributed by atoms with van der Waals surface area (Å²) in [6.07, 6.45) is 0. The van der Waals surface area contributed by atoms with Crippen molar-refractivity contribution in [1.82, 2.24) is 4.98 Å². The number of methoxy groups -OCH3 is 1. The molecule has 0 saturated heterocycles. The van der Waals surface area contributed by atoms with Gasteiger partial charge in [-0.05, 0) is 35.0 Å². The lowest BCUT2D eigenvalue weighted by molar-refractivity contribution is 0.416. The number of thiazole rings is 1. The fourth-order valence-electron chi connectivity index (χ4n) is 1.56. The van der Waals surface area contributed by atoms with Gasteiger partial charge in [-0.2, -0.15) is 0 Å². The molecule has 0 aliphatic carbocycles. The quantitative estimate of drug-likeness (QED) is 0.945. The molecule has 0 unspecified atom stereocenters. The first-order valence-electron chi connectivity index (χ1n) is 5.16. The van der Waals surface area contributed by atoms with Crippen molar-refractivity contribution in [3.05, 3.63) is 33.2 Å². The molecule has 2 N–H and O–H groups in total. The van der Waals surface area contributed by atoms with E-state index in [4.69, 9.17) is 10.5 Å². The van der Waals surface area contributed by atoms with E-state index in [-0.39, 0.29) is 0 Å². The molecule has 0 aliphatic heterocycles. The molecule has 3 nitrogen and oxygen atoms in total. The Morgan fingerprint density at radius 1 is 1.47 bits per heavy atom. The van der Waals surface area contributed by atoms with Gasteiger partial charge < -0.3 is 10.5 Å². The highest BCUT2D eigenvalue weighted by atomic mass is 79.9. The summed E-state index contributed by atoms with van der Waals surface area (Å²) in [5.41, 5.74) is 7.85. The molecular weight excluding hydrogens is 300 g/mol. The third-order valence-electron chi connectivity index (χ3n) is 2.42. The van der Waals surface area contributed by atoms with Crippen molar-refractivity contribution in [2.24, 2.45) is 5.73 Å². The van der Waals surface area contributed by atoms with Gasteiger partial charge in [0.05, 0.1) is 17.6 Å². The van der Waals surface area contributed by atoms with Crippen molar-refractivity contribution < 1.29 is 4.74 Å². The molecule has 1 heterocycles. The molecule has 17 heavy (non-hydrogen) atoms. The van der Waals surface area contributed by atoms with Crippen molar-refractivity contribution in [3.63, 3.8) is 0 Å². The molecule has 1 aromatic heterocycles. The lowest BCUT2D eigenvalue weighted by Crippen LogP contribution is -1.92. The number of hydrogen-bond acceptors (Lipinski definition) is 4. The first-order chi connectivity index (χ1) is 8.15. The van der Waals surface area contributed by atoms with Crippen molar-refractivity contribution in [3.8, 4) is 16.3 Å². The van der Waals surface area contributed by atoms with Gasteiger partial charge in [-0.1, -0.05) is 11.6 Å². The summed E-state index contributed by atoms with van der Waals surface area (Å²) >= 11 is 5.01. The summed E-state index contributed by atoms with van der Waals surface area (Å²) in [5, 5.41) is 0.929. The van der Waals surface area contributed by atoms with Crippen LogP contribution in [0.25, 0.3) is 10.6 Å². The molecule has 0 aliphatic rings. The Kier molecular flexibility index (Phi) is 3.81. The first kappa shape index (κ1) is 12.5. The van der Waals surface area contributed by atoms with Gasteiger partial charge >= 0.3 is 0 Å². The zero-order valence-corrected chi connectivity index (χ0v) is 12.1. The maximum atomic E-state index is 5.65. The van der Waals surface area contributed by atoms with E-state index in [2.05, 4.69) is 33.9 Å². The zero-order chi connectivity index (χ0) is 12.4. The molecule has 2 rings (SSSR count). The molecule has 0 amide bonds. The molecule has 0 fully saturated rings. The van der Waals surface area contributed by atoms with Crippen LogP contribution in [0.5, 0.6) is 5.75 Å². The fraction of sp³-hybridized carbons (Fsp3) is 0.250. The van der Waals surface area contributed by atoms with E-state index in [1.54, 1.807) is 18.4 Å². The van der Waals surface area contributed by atoms with E-state index in [9.17, 15) is 0 Å². The van der Waals surface area contributed by atoms with Gasteiger partial charge in [-0.25, -0.2) is 4.98 Å². The average Bonchev–Trinajstić information content (AvgIpc) is 2.70. The zero-order valence-electron chi connectivity index (χ0n) is 9.66. The van der Waals surface area contributed by atoms with Crippen molar-refractivity contribution >= 4 is 27.3 Å². The Morgan fingerprint density at radius 3 is 2.82 bits per heavy atom. The second-order valence-corrected chi connectivity index (χ2v) is 5.48. The number of hydrogen-bond donors (Lipinski definition) is 1. The molecule has 0 bridgehead atoms. The lowest BCUT2D eigenvalue weighted by Gasteiger charge is -2.06.